The van der Waals surface area contributed by atoms with Gasteiger partial charge in [0, 0.05) is 29.2 Å². The van der Waals surface area contributed by atoms with Gasteiger partial charge >= 0.3 is 6.01 Å². The molecule has 0 saturated carbocycles. The molecule has 0 aliphatic carbocycles. The lowest BCUT2D eigenvalue weighted by molar-refractivity contribution is 0.0730. The van der Waals surface area contributed by atoms with Crippen molar-refractivity contribution in [2.45, 2.75) is 4.90 Å². The van der Waals surface area contributed by atoms with Crippen molar-refractivity contribution in [3.63, 3.8) is 0 Å². The van der Waals surface area contributed by atoms with Crippen molar-refractivity contribution in [2.75, 3.05) is 31.6 Å². The Morgan fingerprint density at radius 2 is 1.80 bits per heavy atom. The average molecular weight is 449 g/mol. The number of ether oxygens (including phenoxy) is 1. The molecular formula is C19H17ClN4O5S. The number of benzene rings is 2. The maximum atomic E-state index is 12.6. The van der Waals surface area contributed by atoms with Crippen LogP contribution >= 0.6 is 11.6 Å². The molecule has 0 atom stereocenters. The Balaban J connectivity index is 1.45. The van der Waals surface area contributed by atoms with E-state index in [9.17, 15) is 13.2 Å². The van der Waals surface area contributed by atoms with E-state index in [0.29, 0.717) is 36.9 Å². The summed E-state index contributed by atoms with van der Waals surface area (Å²) in [4.78, 5) is 12.6. The zero-order valence-corrected chi connectivity index (χ0v) is 17.2. The Labute approximate surface area is 177 Å². The van der Waals surface area contributed by atoms with E-state index < -0.39 is 15.9 Å². The standard InChI is InChI=1S/C19H17ClN4O5S/c20-15-3-1-2-14(12-15)18-22-23-19(29-18)21-17(25)13-4-6-16(7-5-13)30(26,27)24-8-10-28-11-9-24/h1-7,12H,8-11H2,(H,21,23,25). The zero-order valence-electron chi connectivity index (χ0n) is 15.6. The number of carbonyl (C=O) groups is 1. The first-order chi connectivity index (χ1) is 14.4. The fourth-order valence-electron chi connectivity index (χ4n) is 2.90. The highest BCUT2D eigenvalue weighted by Crippen LogP contribution is 2.23. The summed E-state index contributed by atoms with van der Waals surface area (Å²) in [6.07, 6.45) is 0. The van der Waals surface area contributed by atoms with Gasteiger partial charge in [-0.3, -0.25) is 10.1 Å². The molecule has 3 aromatic rings. The molecule has 2 heterocycles. The summed E-state index contributed by atoms with van der Waals surface area (Å²) in [7, 11) is -3.62. The second kappa shape index (κ2) is 8.52. The fraction of sp³-hybridized carbons (Fsp3) is 0.211. The average Bonchev–Trinajstić information content (AvgIpc) is 3.23. The molecule has 0 radical (unpaired) electrons. The lowest BCUT2D eigenvalue weighted by atomic mass is 10.2. The summed E-state index contributed by atoms with van der Waals surface area (Å²) in [5.74, 6) is -0.300. The fourth-order valence-corrected chi connectivity index (χ4v) is 4.49. The molecule has 9 nitrogen and oxygen atoms in total. The van der Waals surface area contributed by atoms with Crippen molar-refractivity contribution in [1.82, 2.24) is 14.5 Å². The Morgan fingerprint density at radius 3 is 2.50 bits per heavy atom. The van der Waals surface area contributed by atoms with Crippen LogP contribution in [0, 0.1) is 0 Å². The van der Waals surface area contributed by atoms with Gasteiger partial charge in [-0.1, -0.05) is 22.8 Å². The summed E-state index contributed by atoms with van der Waals surface area (Å²) in [6, 6.07) is 12.4. The van der Waals surface area contributed by atoms with Gasteiger partial charge in [-0.15, -0.1) is 5.10 Å². The lowest BCUT2D eigenvalue weighted by Gasteiger charge is -2.26. The van der Waals surface area contributed by atoms with Crippen molar-refractivity contribution in [3.05, 3.63) is 59.1 Å². The van der Waals surface area contributed by atoms with Crippen molar-refractivity contribution in [3.8, 4) is 11.5 Å². The molecule has 1 aromatic heterocycles. The zero-order chi connectivity index (χ0) is 21.1. The van der Waals surface area contributed by atoms with E-state index in [-0.39, 0.29) is 22.4 Å². The van der Waals surface area contributed by atoms with E-state index in [2.05, 4.69) is 15.5 Å². The second-order valence-electron chi connectivity index (χ2n) is 6.42. The SMILES string of the molecule is O=C(Nc1nnc(-c2cccc(Cl)c2)o1)c1ccc(S(=O)(=O)N2CCOCC2)cc1. The summed E-state index contributed by atoms with van der Waals surface area (Å²) < 4.78 is 37.3. The normalized spacial score (nSPS) is 15.1. The van der Waals surface area contributed by atoms with E-state index in [0.717, 1.165) is 0 Å². The molecule has 0 bridgehead atoms. The van der Waals surface area contributed by atoms with E-state index in [4.69, 9.17) is 20.8 Å². The summed E-state index contributed by atoms with van der Waals surface area (Å²) in [6.45, 7) is 1.33. The quantitative estimate of drug-likeness (QED) is 0.638. The molecule has 156 valence electrons. The van der Waals surface area contributed by atoms with Gasteiger partial charge in [0.1, 0.15) is 0 Å². The summed E-state index contributed by atoms with van der Waals surface area (Å²) in [5.41, 5.74) is 0.867. The molecule has 1 aliphatic heterocycles. The number of rotatable bonds is 5. The predicted octanol–water partition coefficient (Wildman–Crippen LogP) is 2.66. The van der Waals surface area contributed by atoms with Crippen molar-refractivity contribution < 1.29 is 22.4 Å². The molecular weight excluding hydrogens is 432 g/mol. The van der Waals surface area contributed by atoms with E-state index >= 15 is 0 Å². The van der Waals surface area contributed by atoms with Crippen LogP contribution in [-0.2, 0) is 14.8 Å². The number of amides is 1. The third kappa shape index (κ3) is 4.36. The van der Waals surface area contributed by atoms with Crippen LogP contribution in [0.4, 0.5) is 6.01 Å². The van der Waals surface area contributed by atoms with Gasteiger partial charge in [0.25, 0.3) is 5.91 Å². The van der Waals surface area contributed by atoms with E-state index in [1.54, 1.807) is 24.3 Å². The highest BCUT2D eigenvalue weighted by Gasteiger charge is 2.26. The van der Waals surface area contributed by atoms with Crippen LogP contribution in [0.5, 0.6) is 0 Å². The number of nitrogens with zero attached hydrogens (tertiary/aromatic N) is 3. The topological polar surface area (TPSA) is 115 Å². The van der Waals surface area contributed by atoms with Gasteiger partial charge in [-0.05, 0) is 42.5 Å². The van der Waals surface area contributed by atoms with Gasteiger partial charge < -0.3 is 9.15 Å². The third-order valence-corrected chi connectivity index (χ3v) is 6.59. The van der Waals surface area contributed by atoms with Crippen LogP contribution < -0.4 is 5.32 Å². The number of sulfonamides is 1. The van der Waals surface area contributed by atoms with Crippen LogP contribution in [0.15, 0.2) is 57.8 Å². The van der Waals surface area contributed by atoms with Gasteiger partial charge in [0.2, 0.25) is 15.9 Å². The summed E-state index contributed by atoms with van der Waals surface area (Å²) >= 11 is 5.95. The van der Waals surface area contributed by atoms with Crippen molar-refractivity contribution >= 4 is 33.5 Å². The first-order valence-electron chi connectivity index (χ1n) is 9.02. The molecule has 1 fully saturated rings. The van der Waals surface area contributed by atoms with Crippen LogP contribution in [0.2, 0.25) is 5.02 Å². The molecule has 1 N–H and O–H groups in total. The molecule has 1 saturated heterocycles. The number of hydrogen-bond acceptors (Lipinski definition) is 7. The lowest BCUT2D eigenvalue weighted by Crippen LogP contribution is -2.40. The molecule has 1 amide bonds. The summed E-state index contributed by atoms with van der Waals surface area (Å²) in [5, 5.41) is 10.7. The number of nitrogens with one attached hydrogen (secondary N) is 1. The Hall–Kier alpha value is -2.79. The Morgan fingerprint density at radius 1 is 1.07 bits per heavy atom. The van der Waals surface area contributed by atoms with Crippen LogP contribution in [0.3, 0.4) is 0 Å². The number of hydrogen-bond donors (Lipinski definition) is 1. The maximum absolute atomic E-state index is 12.6. The second-order valence-corrected chi connectivity index (χ2v) is 8.79. The van der Waals surface area contributed by atoms with Crippen molar-refractivity contribution in [1.29, 1.82) is 0 Å². The molecule has 0 unspecified atom stereocenters. The number of aromatic nitrogens is 2. The third-order valence-electron chi connectivity index (χ3n) is 4.44. The Kier molecular flexibility index (Phi) is 5.82. The first kappa shape index (κ1) is 20.5. The monoisotopic (exact) mass is 448 g/mol. The van der Waals surface area contributed by atoms with Gasteiger partial charge in [-0.2, -0.15) is 4.31 Å². The number of anilines is 1. The highest BCUT2D eigenvalue weighted by molar-refractivity contribution is 7.89. The minimum absolute atomic E-state index is 0.0833. The van der Waals surface area contributed by atoms with Gasteiger partial charge in [0.15, 0.2) is 0 Å². The highest BCUT2D eigenvalue weighted by atomic mass is 35.5. The Bertz CT molecular complexity index is 1160. The number of morpholine rings is 1. The largest absolute Gasteiger partial charge is 0.403 e. The maximum Gasteiger partial charge on any atom is 0.322 e. The van der Waals surface area contributed by atoms with Crippen LogP contribution in [0.25, 0.3) is 11.5 Å². The van der Waals surface area contributed by atoms with Crippen LogP contribution in [-0.4, -0.2) is 55.1 Å². The minimum Gasteiger partial charge on any atom is -0.403 e. The molecule has 4 rings (SSSR count). The smallest absolute Gasteiger partial charge is 0.322 e. The first-order valence-corrected chi connectivity index (χ1v) is 10.8. The molecule has 2 aromatic carbocycles. The predicted molar refractivity (Wildman–Crippen MR) is 109 cm³/mol. The number of halogens is 1. The molecule has 11 heteroatoms. The van der Waals surface area contributed by atoms with E-state index in [1.165, 1.54) is 28.6 Å². The molecule has 30 heavy (non-hydrogen) atoms. The van der Waals surface area contributed by atoms with Gasteiger partial charge in [-0.25, -0.2) is 8.42 Å². The van der Waals surface area contributed by atoms with E-state index in [1.807, 2.05) is 0 Å². The minimum atomic E-state index is -3.62. The molecule has 0 spiro atoms. The molecule has 1 aliphatic rings. The number of carbonyl (C=O) groups excluding carboxylic acids is 1. The van der Waals surface area contributed by atoms with Gasteiger partial charge in [0.05, 0.1) is 18.1 Å². The van der Waals surface area contributed by atoms with Crippen molar-refractivity contribution in [2.24, 2.45) is 0 Å². The van der Waals surface area contributed by atoms with Crippen LogP contribution in [0.1, 0.15) is 10.4 Å².